The SMILES string of the molecule is COc1ccc(OC)c(NC(N)=NCc2cccc(COc3ccccc3)c2)c1.I. The molecule has 0 aliphatic heterocycles. The number of nitrogens with one attached hydrogen (secondary N) is 1. The molecule has 158 valence electrons. The summed E-state index contributed by atoms with van der Waals surface area (Å²) in [6.45, 7) is 0.945. The number of aliphatic imine (C=N–C) groups is 1. The summed E-state index contributed by atoms with van der Waals surface area (Å²) in [5.41, 5.74) is 8.87. The molecule has 0 atom stereocenters. The predicted molar refractivity (Wildman–Crippen MR) is 131 cm³/mol. The number of para-hydroxylation sites is 1. The van der Waals surface area contributed by atoms with Gasteiger partial charge >= 0.3 is 0 Å². The minimum Gasteiger partial charge on any atom is -0.497 e. The molecule has 30 heavy (non-hydrogen) atoms. The first kappa shape index (κ1) is 23.3. The average Bonchev–Trinajstić information content (AvgIpc) is 2.77. The number of anilines is 1. The molecule has 0 saturated carbocycles. The molecule has 0 aliphatic rings. The number of halogens is 1. The van der Waals surface area contributed by atoms with Gasteiger partial charge in [0, 0.05) is 6.07 Å². The summed E-state index contributed by atoms with van der Waals surface area (Å²) in [7, 11) is 3.21. The highest BCUT2D eigenvalue weighted by Gasteiger charge is 2.06. The van der Waals surface area contributed by atoms with Gasteiger partial charge in [0.15, 0.2) is 5.96 Å². The van der Waals surface area contributed by atoms with Crippen LogP contribution in [0.25, 0.3) is 0 Å². The third kappa shape index (κ3) is 6.84. The Morgan fingerprint density at radius 1 is 0.867 bits per heavy atom. The van der Waals surface area contributed by atoms with Gasteiger partial charge in [-0.1, -0.05) is 42.5 Å². The Bertz CT molecular complexity index is 965. The molecule has 0 spiro atoms. The van der Waals surface area contributed by atoms with E-state index >= 15 is 0 Å². The van der Waals surface area contributed by atoms with Gasteiger partial charge in [0.2, 0.25) is 0 Å². The third-order valence-electron chi connectivity index (χ3n) is 4.24. The molecule has 3 aromatic rings. The molecule has 0 radical (unpaired) electrons. The molecule has 0 saturated heterocycles. The first-order valence-electron chi connectivity index (χ1n) is 9.22. The van der Waals surface area contributed by atoms with Crippen LogP contribution in [0.3, 0.4) is 0 Å². The number of nitrogens with zero attached hydrogens (tertiary/aromatic N) is 1. The summed E-state index contributed by atoms with van der Waals surface area (Å²) in [6, 6.07) is 23.3. The zero-order valence-corrected chi connectivity index (χ0v) is 19.3. The van der Waals surface area contributed by atoms with Crippen molar-refractivity contribution < 1.29 is 14.2 Å². The summed E-state index contributed by atoms with van der Waals surface area (Å²) in [6.07, 6.45) is 0. The molecule has 0 aliphatic carbocycles. The Morgan fingerprint density at radius 3 is 2.37 bits per heavy atom. The van der Waals surface area contributed by atoms with Crippen LogP contribution in [0.5, 0.6) is 17.2 Å². The van der Waals surface area contributed by atoms with Crippen LogP contribution < -0.4 is 25.3 Å². The molecule has 3 N–H and O–H groups in total. The van der Waals surface area contributed by atoms with Crippen LogP contribution in [0.1, 0.15) is 11.1 Å². The van der Waals surface area contributed by atoms with Crippen molar-refractivity contribution in [2.24, 2.45) is 10.7 Å². The Labute approximate surface area is 194 Å². The maximum absolute atomic E-state index is 6.06. The monoisotopic (exact) mass is 519 g/mol. The van der Waals surface area contributed by atoms with Crippen LogP contribution in [-0.4, -0.2) is 20.2 Å². The zero-order valence-electron chi connectivity index (χ0n) is 17.0. The summed E-state index contributed by atoms with van der Waals surface area (Å²) in [5.74, 6) is 2.50. The second-order valence-corrected chi connectivity index (χ2v) is 6.31. The van der Waals surface area contributed by atoms with Crippen molar-refractivity contribution in [3.63, 3.8) is 0 Å². The molecule has 0 bridgehead atoms. The fraction of sp³-hybridized carbons (Fsp3) is 0.174. The van der Waals surface area contributed by atoms with E-state index < -0.39 is 0 Å². The molecule has 0 heterocycles. The van der Waals surface area contributed by atoms with Crippen LogP contribution in [-0.2, 0) is 13.2 Å². The number of hydrogen-bond donors (Lipinski definition) is 2. The van der Waals surface area contributed by atoms with Crippen molar-refractivity contribution in [3.05, 3.63) is 83.9 Å². The van der Waals surface area contributed by atoms with Gasteiger partial charge in [-0.15, -0.1) is 24.0 Å². The minimum absolute atomic E-state index is 0. The van der Waals surface area contributed by atoms with Gasteiger partial charge in [-0.2, -0.15) is 0 Å². The lowest BCUT2D eigenvalue weighted by Crippen LogP contribution is -2.23. The Balaban J connectivity index is 0.00000320. The molecule has 6 nitrogen and oxygen atoms in total. The molecule has 3 rings (SSSR count). The third-order valence-corrected chi connectivity index (χ3v) is 4.24. The average molecular weight is 519 g/mol. The van der Waals surface area contributed by atoms with E-state index in [-0.39, 0.29) is 24.0 Å². The van der Waals surface area contributed by atoms with E-state index in [4.69, 9.17) is 19.9 Å². The van der Waals surface area contributed by atoms with Crippen LogP contribution in [0.4, 0.5) is 5.69 Å². The standard InChI is InChI=1S/C23H25N3O3.HI/c1-27-20-11-12-22(28-2)21(14-20)26-23(24)25-15-17-7-6-8-18(13-17)16-29-19-9-4-3-5-10-19;/h3-14H,15-16H2,1-2H3,(H3,24,25,26);1H. The highest BCUT2D eigenvalue weighted by atomic mass is 127. The van der Waals surface area contributed by atoms with Crippen LogP contribution in [0, 0.1) is 0 Å². The second-order valence-electron chi connectivity index (χ2n) is 6.31. The van der Waals surface area contributed by atoms with Crippen molar-refractivity contribution in [3.8, 4) is 17.2 Å². The normalized spacial score (nSPS) is 10.7. The summed E-state index contributed by atoms with van der Waals surface area (Å²) in [4.78, 5) is 4.43. The van der Waals surface area contributed by atoms with Gasteiger partial charge in [-0.3, -0.25) is 0 Å². The van der Waals surface area contributed by atoms with Crippen molar-refractivity contribution in [1.82, 2.24) is 0 Å². The first-order chi connectivity index (χ1) is 14.2. The lowest BCUT2D eigenvalue weighted by molar-refractivity contribution is 0.306. The van der Waals surface area contributed by atoms with E-state index in [2.05, 4.69) is 16.4 Å². The first-order valence-corrected chi connectivity index (χ1v) is 9.22. The number of ether oxygens (including phenoxy) is 3. The van der Waals surface area contributed by atoms with Crippen LogP contribution in [0.15, 0.2) is 77.8 Å². The molecule has 0 amide bonds. The highest BCUT2D eigenvalue weighted by molar-refractivity contribution is 14.0. The smallest absolute Gasteiger partial charge is 0.193 e. The van der Waals surface area contributed by atoms with Gasteiger partial charge in [-0.25, -0.2) is 4.99 Å². The zero-order chi connectivity index (χ0) is 20.5. The Hall–Kier alpha value is -2.94. The fourth-order valence-electron chi connectivity index (χ4n) is 2.77. The van der Waals surface area contributed by atoms with Gasteiger partial charge < -0.3 is 25.3 Å². The van der Waals surface area contributed by atoms with Gasteiger partial charge in [0.1, 0.15) is 23.9 Å². The topological polar surface area (TPSA) is 78.1 Å². The van der Waals surface area contributed by atoms with E-state index in [1.165, 1.54) is 0 Å². The fourth-order valence-corrected chi connectivity index (χ4v) is 2.77. The number of methoxy groups -OCH3 is 2. The number of hydrogen-bond acceptors (Lipinski definition) is 4. The molecule has 0 aromatic heterocycles. The van der Waals surface area contributed by atoms with E-state index in [0.29, 0.717) is 36.3 Å². The number of guanidine groups is 1. The lowest BCUT2D eigenvalue weighted by atomic mass is 10.1. The minimum atomic E-state index is 0. The predicted octanol–water partition coefficient (Wildman–Crippen LogP) is 4.83. The molecular weight excluding hydrogens is 493 g/mol. The maximum Gasteiger partial charge on any atom is 0.193 e. The molecule has 3 aromatic carbocycles. The van der Waals surface area contributed by atoms with Gasteiger partial charge in [0.25, 0.3) is 0 Å². The number of benzene rings is 3. The van der Waals surface area contributed by atoms with Gasteiger partial charge in [0.05, 0.1) is 26.5 Å². The van der Waals surface area contributed by atoms with Crippen molar-refractivity contribution in [2.75, 3.05) is 19.5 Å². The van der Waals surface area contributed by atoms with E-state index in [0.717, 1.165) is 16.9 Å². The Kier molecular flexibility index (Phi) is 9.27. The van der Waals surface area contributed by atoms with E-state index in [1.807, 2.05) is 66.7 Å². The number of nitrogens with two attached hydrogens (primary N) is 1. The van der Waals surface area contributed by atoms with E-state index in [9.17, 15) is 0 Å². The largest absolute Gasteiger partial charge is 0.497 e. The molecule has 7 heteroatoms. The Morgan fingerprint density at radius 2 is 1.63 bits per heavy atom. The maximum atomic E-state index is 6.06. The lowest BCUT2D eigenvalue weighted by Gasteiger charge is -2.12. The van der Waals surface area contributed by atoms with Gasteiger partial charge in [-0.05, 0) is 35.4 Å². The summed E-state index contributed by atoms with van der Waals surface area (Å²) in [5, 5.41) is 3.07. The number of rotatable bonds is 8. The second kappa shape index (κ2) is 11.9. The van der Waals surface area contributed by atoms with E-state index in [1.54, 1.807) is 14.2 Å². The summed E-state index contributed by atoms with van der Waals surface area (Å²) >= 11 is 0. The molecular formula is C23H26IN3O3. The van der Waals surface area contributed by atoms with Crippen molar-refractivity contribution in [1.29, 1.82) is 0 Å². The summed E-state index contributed by atoms with van der Waals surface area (Å²) < 4.78 is 16.4. The van der Waals surface area contributed by atoms with Crippen LogP contribution in [0.2, 0.25) is 0 Å². The van der Waals surface area contributed by atoms with Crippen molar-refractivity contribution >= 4 is 35.6 Å². The quantitative estimate of drug-likeness (QED) is 0.253. The molecule has 0 unspecified atom stereocenters. The van der Waals surface area contributed by atoms with Crippen LogP contribution >= 0.6 is 24.0 Å². The van der Waals surface area contributed by atoms with Crippen molar-refractivity contribution in [2.45, 2.75) is 13.2 Å². The highest BCUT2D eigenvalue weighted by Crippen LogP contribution is 2.28. The molecule has 0 fully saturated rings.